The zero-order chi connectivity index (χ0) is 15.0. The monoisotopic (exact) mass is 287 g/mol. The molecule has 112 valence electrons. The van der Waals surface area contributed by atoms with Gasteiger partial charge in [-0.25, -0.2) is 9.07 Å². The third kappa shape index (κ3) is 2.86. The van der Waals surface area contributed by atoms with Crippen molar-refractivity contribution >= 4 is 0 Å². The van der Waals surface area contributed by atoms with Crippen LogP contribution in [-0.2, 0) is 0 Å². The van der Waals surface area contributed by atoms with Crippen molar-refractivity contribution in [3.05, 3.63) is 47.0 Å². The largest absolute Gasteiger partial charge is 0.310 e. The van der Waals surface area contributed by atoms with Crippen LogP contribution >= 0.6 is 0 Å². The van der Waals surface area contributed by atoms with Crippen molar-refractivity contribution < 1.29 is 4.39 Å². The van der Waals surface area contributed by atoms with Crippen LogP contribution in [0.4, 0.5) is 4.39 Å². The summed E-state index contributed by atoms with van der Waals surface area (Å²) in [7, 11) is 0. The average molecular weight is 287 g/mol. The molecule has 4 heteroatoms. The van der Waals surface area contributed by atoms with E-state index in [-0.39, 0.29) is 11.9 Å². The van der Waals surface area contributed by atoms with Crippen LogP contribution in [0.5, 0.6) is 0 Å². The third-order valence-corrected chi connectivity index (χ3v) is 4.14. The lowest BCUT2D eigenvalue weighted by molar-refractivity contribution is 0.574. The van der Waals surface area contributed by atoms with Crippen LogP contribution in [0.1, 0.15) is 55.5 Å². The molecule has 1 saturated carbocycles. The third-order valence-electron chi connectivity index (χ3n) is 4.14. The number of nitrogens with one attached hydrogen (secondary N) is 1. The molecule has 3 nitrogen and oxygen atoms in total. The van der Waals surface area contributed by atoms with E-state index in [2.05, 4.69) is 30.3 Å². The minimum atomic E-state index is -0.159. The Balaban J connectivity index is 2.03. The first-order valence-corrected chi connectivity index (χ1v) is 7.69. The molecule has 0 spiro atoms. The maximum absolute atomic E-state index is 14.0. The molecule has 0 aliphatic heterocycles. The van der Waals surface area contributed by atoms with Crippen molar-refractivity contribution in [2.24, 2.45) is 0 Å². The molecule has 21 heavy (non-hydrogen) atoms. The summed E-state index contributed by atoms with van der Waals surface area (Å²) < 4.78 is 15.9. The first-order valence-electron chi connectivity index (χ1n) is 7.69. The van der Waals surface area contributed by atoms with Crippen LogP contribution in [-0.4, -0.2) is 16.3 Å². The van der Waals surface area contributed by atoms with Crippen molar-refractivity contribution in [2.75, 3.05) is 6.54 Å². The summed E-state index contributed by atoms with van der Waals surface area (Å²) in [6.45, 7) is 6.76. The van der Waals surface area contributed by atoms with Crippen molar-refractivity contribution in [1.29, 1.82) is 0 Å². The average Bonchev–Trinajstić information content (AvgIpc) is 3.19. The quantitative estimate of drug-likeness (QED) is 0.904. The molecule has 1 unspecified atom stereocenters. The van der Waals surface area contributed by atoms with E-state index in [0.717, 1.165) is 23.5 Å². The molecule has 1 heterocycles. The molecule has 0 radical (unpaired) electrons. The number of halogens is 1. The summed E-state index contributed by atoms with van der Waals surface area (Å²) in [6, 6.07) is 5.70. The smallest absolute Gasteiger partial charge is 0.126 e. The summed E-state index contributed by atoms with van der Waals surface area (Å²) in [6.07, 6.45) is 4.46. The topological polar surface area (TPSA) is 29.9 Å². The van der Waals surface area contributed by atoms with Crippen LogP contribution in [0.2, 0.25) is 0 Å². The Kier molecular flexibility index (Phi) is 3.81. The number of aromatic nitrogens is 2. The van der Waals surface area contributed by atoms with Gasteiger partial charge in [0.2, 0.25) is 0 Å². The molecule has 1 N–H and O–H groups in total. The number of benzene rings is 1. The summed E-state index contributed by atoms with van der Waals surface area (Å²) >= 11 is 0. The van der Waals surface area contributed by atoms with Crippen LogP contribution in [0.3, 0.4) is 0 Å². The highest BCUT2D eigenvalue weighted by Gasteiger charge is 2.26. The van der Waals surface area contributed by atoms with Crippen LogP contribution in [0, 0.1) is 12.7 Å². The molecular weight excluding hydrogens is 265 g/mol. The predicted molar refractivity (Wildman–Crippen MR) is 82.3 cm³/mol. The molecule has 2 aromatic rings. The molecular formula is C17H22FN3. The second kappa shape index (κ2) is 5.60. The van der Waals surface area contributed by atoms with E-state index in [1.165, 1.54) is 12.8 Å². The highest BCUT2D eigenvalue weighted by Crippen LogP contribution is 2.39. The molecule has 1 fully saturated rings. The molecule has 1 atom stereocenters. The zero-order valence-corrected chi connectivity index (χ0v) is 12.9. The molecule has 0 amide bonds. The maximum atomic E-state index is 14.0. The van der Waals surface area contributed by atoms with Gasteiger partial charge in [-0.1, -0.05) is 6.92 Å². The number of rotatable bonds is 5. The summed E-state index contributed by atoms with van der Waals surface area (Å²) in [5.74, 6) is 0.468. The second-order valence-corrected chi connectivity index (χ2v) is 5.90. The summed E-state index contributed by atoms with van der Waals surface area (Å²) in [4.78, 5) is 0. The standard InChI is InChI=1S/C17H22FN3/c1-4-19-12(3)14-10-15(18)11(2)9-17(14)21-8-7-16(20-21)13-5-6-13/h7-10,12-13,19H,4-6H2,1-3H3. The Labute approximate surface area is 125 Å². The van der Waals surface area contributed by atoms with Crippen LogP contribution in [0.15, 0.2) is 24.4 Å². The van der Waals surface area contributed by atoms with Crippen LogP contribution in [0.25, 0.3) is 5.69 Å². The molecule has 1 aromatic heterocycles. The molecule has 1 aromatic carbocycles. The van der Waals surface area contributed by atoms with E-state index in [4.69, 9.17) is 0 Å². The van der Waals surface area contributed by atoms with Gasteiger partial charge in [0.25, 0.3) is 0 Å². The molecule has 0 bridgehead atoms. The Morgan fingerprint density at radius 1 is 1.43 bits per heavy atom. The molecule has 0 saturated heterocycles. The van der Waals surface area contributed by atoms with E-state index in [1.807, 2.05) is 16.9 Å². The van der Waals surface area contributed by atoms with Crippen molar-refractivity contribution in [3.63, 3.8) is 0 Å². The van der Waals surface area contributed by atoms with E-state index in [0.29, 0.717) is 11.5 Å². The number of hydrogen-bond donors (Lipinski definition) is 1. The lowest BCUT2D eigenvalue weighted by atomic mass is 10.0. The fourth-order valence-corrected chi connectivity index (χ4v) is 2.71. The highest BCUT2D eigenvalue weighted by atomic mass is 19.1. The molecule has 1 aliphatic rings. The number of nitrogens with zero attached hydrogens (tertiary/aromatic N) is 2. The van der Waals surface area contributed by atoms with Crippen LogP contribution < -0.4 is 5.32 Å². The number of hydrogen-bond acceptors (Lipinski definition) is 2. The first-order chi connectivity index (χ1) is 10.1. The van der Waals surface area contributed by atoms with Gasteiger partial charge in [-0.15, -0.1) is 0 Å². The van der Waals surface area contributed by atoms with Gasteiger partial charge in [0.1, 0.15) is 5.82 Å². The second-order valence-electron chi connectivity index (χ2n) is 5.90. The molecule has 3 rings (SSSR count). The summed E-state index contributed by atoms with van der Waals surface area (Å²) in [5.41, 5.74) is 3.72. The minimum absolute atomic E-state index is 0.0914. The van der Waals surface area contributed by atoms with Gasteiger partial charge in [0, 0.05) is 18.2 Å². The van der Waals surface area contributed by atoms with E-state index < -0.39 is 0 Å². The Hall–Kier alpha value is -1.68. The van der Waals surface area contributed by atoms with Gasteiger partial charge in [0.05, 0.1) is 11.4 Å². The normalized spacial score (nSPS) is 16.2. The van der Waals surface area contributed by atoms with Gasteiger partial charge in [-0.2, -0.15) is 5.10 Å². The zero-order valence-electron chi connectivity index (χ0n) is 12.9. The molecule has 1 aliphatic carbocycles. The number of aryl methyl sites for hydroxylation is 1. The maximum Gasteiger partial charge on any atom is 0.126 e. The summed E-state index contributed by atoms with van der Waals surface area (Å²) in [5, 5.41) is 8.04. The predicted octanol–water partition coefficient (Wildman–Crippen LogP) is 3.87. The lowest BCUT2D eigenvalue weighted by Crippen LogP contribution is -2.20. The van der Waals surface area contributed by atoms with E-state index >= 15 is 0 Å². The van der Waals surface area contributed by atoms with Crippen molar-refractivity contribution in [1.82, 2.24) is 15.1 Å². The van der Waals surface area contributed by atoms with Crippen molar-refractivity contribution in [2.45, 2.75) is 45.6 Å². The van der Waals surface area contributed by atoms with Gasteiger partial charge >= 0.3 is 0 Å². The van der Waals surface area contributed by atoms with E-state index in [1.54, 1.807) is 13.0 Å². The Bertz CT molecular complexity index is 643. The van der Waals surface area contributed by atoms with Gasteiger partial charge in [-0.3, -0.25) is 0 Å². The first kappa shape index (κ1) is 14.3. The van der Waals surface area contributed by atoms with Gasteiger partial charge in [0.15, 0.2) is 0 Å². The van der Waals surface area contributed by atoms with Crippen molar-refractivity contribution in [3.8, 4) is 5.69 Å². The van der Waals surface area contributed by atoms with Gasteiger partial charge in [-0.05, 0) is 62.6 Å². The highest BCUT2D eigenvalue weighted by molar-refractivity contribution is 5.46. The van der Waals surface area contributed by atoms with E-state index in [9.17, 15) is 4.39 Å². The minimum Gasteiger partial charge on any atom is -0.310 e. The lowest BCUT2D eigenvalue weighted by Gasteiger charge is -2.18. The van der Waals surface area contributed by atoms with Gasteiger partial charge < -0.3 is 5.32 Å². The Morgan fingerprint density at radius 2 is 2.19 bits per heavy atom. The SMILES string of the molecule is CCNC(C)c1cc(F)c(C)cc1-n1ccc(C2CC2)n1. The fraction of sp³-hybridized carbons (Fsp3) is 0.471. The Morgan fingerprint density at radius 3 is 2.86 bits per heavy atom. The fourth-order valence-electron chi connectivity index (χ4n) is 2.71.